The van der Waals surface area contributed by atoms with Crippen LogP contribution in [-0.4, -0.2) is 56.5 Å². The SMILES string of the molecule is CSCCC(NS(=O)(=O)c1ccccc1F)C(=O)N1CCC(Oc2ccc(C)c(C)c2)CC1. The lowest BCUT2D eigenvalue weighted by Crippen LogP contribution is -2.52. The first-order chi connectivity index (χ1) is 15.7. The average Bonchev–Trinajstić information content (AvgIpc) is 2.79. The second-order valence-corrected chi connectivity index (χ2v) is 10.9. The number of aryl methyl sites for hydroxylation is 2. The molecule has 0 bridgehead atoms. The summed E-state index contributed by atoms with van der Waals surface area (Å²) in [4.78, 5) is 14.4. The third kappa shape index (κ3) is 6.71. The third-order valence-electron chi connectivity index (χ3n) is 5.87. The standard InChI is InChI=1S/C24H31FN2O4S2/c1-17-8-9-20(16-18(17)2)31-19-10-13-27(14-11-19)24(28)22(12-15-32-3)26-33(29,30)23-7-5-4-6-21(23)25/h4-9,16,19,22,26H,10-15H2,1-3H3. The summed E-state index contributed by atoms with van der Waals surface area (Å²) >= 11 is 1.52. The van der Waals surface area contributed by atoms with Crippen molar-refractivity contribution in [2.75, 3.05) is 25.1 Å². The summed E-state index contributed by atoms with van der Waals surface area (Å²) in [5.41, 5.74) is 2.37. The zero-order valence-electron chi connectivity index (χ0n) is 19.2. The van der Waals surface area contributed by atoms with Crippen molar-refractivity contribution in [1.82, 2.24) is 9.62 Å². The van der Waals surface area contributed by atoms with Crippen LogP contribution in [0.25, 0.3) is 0 Å². The maximum Gasteiger partial charge on any atom is 0.244 e. The molecule has 1 saturated heterocycles. The smallest absolute Gasteiger partial charge is 0.244 e. The Morgan fingerprint density at radius 2 is 1.88 bits per heavy atom. The molecule has 1 heterocycles. The Hall–Kier alpha value is -2.10. The van der Waals surface area contributed by atoms with Gasteiger partial charge in [0.1, 0.15) is 28.6 Å². The van der Waals surface area contributed by atoms with Crippen molar-refractivity contribution in [3.63, 3.8) is 0 Å². The Kier molecular flexibility index (Phi) is 8.78. The Morgan fingerprint density at radius 3 is 2.52 bits per heavy atom. The summed E-state index contributed by atoms with van der Waals surface area (Å²) in [5, 5.41) is 0. The molecule has 1 amide bonds. The summed E-state index contributed by atoms with van der Waals surface area (Å²) in [6, 6.07) is 10.2. The molecule has 1 atom stereocenters. The molecule has 9 heteroatoms. The Bertz CT molecular complexity index is 1070. The number of benzene rings is 2. The van der Waals surface area contributed by atoms with Crippen molar-refractivity contribution < 1.29 is 22.3 Å². The van der Waals surface area contributed by atoms with E-state index < -0.39 is 26.8 Å². The first-order valence-corrected chi connectivity index (χ1v) is 13.9. The molecular weight excluding hydrogens is 463 g/mol. The van der Waals surface area contributed by atoms with Crippen LogP contribution in [0.5, 0.6) is 5.75 Å². The average molecular weight is 495 g/mol. The maximum absolute atomic E-state index is 14.1. The molecule has 3 rings (SSSR count). The van der Waals surface area contributed by atoms with Crippen molar-refractivity contribution in [2.24, 2.45) is 0 Å². The van der Waals surface area contributed by atoms with Gasteiger partial charge in [-0.2, -0.15) is 16.5 Å². The maximum atomic E-state index is 14.1. The summed E-state index contributed by atoms with van der Waals surface area (Å²) in [7, 11) is -4.17. The normalized spacial score (nSPS) is 15.9. The summed E-state index contributed by atoms with van der Waals surface area (Å²) < 4.78 is 48.2. The monoisotopic (exact) mass is 494 g/mol. The lowest BCUT2D eigenvalue weighted by atomic mass is 10.1. The highest BCUT2D eigenvalue weighted by Crippen LogP contribution is 2.23. The van der Waals surface area contributed by atoms with E-state index in [0.717, 1.165) is 11.8 Å². The van der Waals surface area contributed by atoms with Crippen LogP contribution in [0.15, 0.2) is 47.4 Å². The van der Waals surface area contributed by atoms with Gasteiger partial charge in [-0.05, 0) is 67.7 Å². The summed E-state index contributed by atoms with van der Waals surface area (Å²) in [5.74, 6) is 0.292. The van der Waals surface area contributed by atoms with Gasteiger partial charge in [-0.1, -0.05) is 18.2 Å². The largest absolute Gasteiger partial charge is 0.490 e. The summed E-state index contributed by atoms with van der Waals surface area (Å²) in [6.45, 7) is 5.05. The van der Waals surface area contributed by atoms with E-state index in [0.29, 0.717) is 38.1 Å². The fourth-order valence-electron chi connectivity index (χ4n) is 3.78. The molecule has 2 aromatic carbocycles. The molecular formula is C24H31FN2O4S2. The van der Waals surface area contributed by atoms with Crippen LogP contribution >= 0.6 is 11.8 Å². The Balaban J connectivity index is 1.64. The molecule has 0 saturated carbocycles. The lowest BCUT2D eigenvalue weighted by molar-refractivity contribution is -0.134. The number of amides is 1. The Labute approximate surface area is 199 Å². The molecule has 1 aliphatic rings. The molecule has 0 radical (unpaired) electrons. The number of thioether (sulfide) groups is 1. The van der Waals surface area contributed by atoms with Gasteiger partial charge in [0, 0.05) is 25.9 Å². The van der Waals surface area contributed by atoms with Crippen molar-refractivity contribution in [2.45, 2.75) is 50.2 Å². The quantitative estimate of drug-likeness (QED) is 0.572. The van der Waals surface area contributed by atoms with E-state index in [9.17, 15) is 17.6 Å². The van der Waals surface area contributed by atoms with Gasteiger partial charge in [-0.3, -0.25) is 4.79 Å². The van der Waals surface area contributed by atoms with Gasteiger partial charge in [0.2, 0.25) is 15.9 Å². The second-order valence-electron chi connectivity index (χ2n) is 8.27. The molecule has 6 nitrogen and oxygen atoms in total. The fraction of sp³-hybridized carbons (Fsp3) is 0.458. The van der Waals surface area contributed by atoms with Gasteiger partial charge < -0.3 is 9.64 Å². The number of ether oxygens (including phenoxy) is 1. The number of piperidine rings is 1. The molecule has 1 aliphatic heterocycles. The highest BCUT2D eigenvalue weighted by atomic mass is 32.2. The minimum absolute atomic E-state index is 0.00379. The van der Waals surface area contributed by atoms with E-state index in [4.69, 9.17) is 4.74 Å². The zero-order chi connectivity index (χ0) is 24.0. The predicted molar refractivity (Wildman–Crippen MR) is 130 cm³/mol. The van der Waals surface area contributed by atoms with Gasteiger partial charge in [-0.15, -0.1) is 0 Å². The van der Waals surface area contributed by atoms with Crippen molar-refractivity contribution >= 4 is 27.7 Å². The first kappa shape index (κ1) is 25.5. The third-order valence-corrected chi connectivity index (χ3v) is 8.02. The molecule has 0 aliphatic carbocycles. The minimum Gasteiger partial charge on any atom is -0.490 e. The van der Waals surface area contributed by atoms with Crippen LogP contribution in [0.3, 0.4) is 0 Å². The van der Waals surface area contributed by atoms with Crippen LogP contribution in [0.2, 0.25) is 0 Å². The number of carbonyl (C=O) groups is 1. The van der Waals surface area contributed by atoms with E-state index >= 15 is 0 Å². The number of carbonyl (C=O) groups excluding carboxylic acids is 1. The van der Waals surface area contributed by atoms with Gasteiger partial charge >= 0.3 is 0 Å². The lowest BCUT2D eigenvalue weighted by Gasteiger charge is -2.34. The molecule has 0 spiro atoms. The van der Waals surface area contributed by atoms with E-state index in [-0.39, 0.29) is 12.0 Å². The molecule has 180 valence electrons. The highest BCUT2D eigenvalue weighted by molar-refractivity contribution is 7.98. The topological polar surface area (TPSA) is 75.7 Å². The number of halogens is 1. The van der Waals surface area contributed by atoms with E-state index in [1.807, 2.05) is 31.4 Å². The molecule has 0 aromatic heterocycles. The van der Waals surface area contributed by atoms with E-state index in [1.54, 1.807) is 4.90 Å². The van der Waals surface area contributed by atoms with Crippen LogP contribution in [-0.2, 0) is 14.8 Å². The van der Waals surface area contributed by atoms with Crippen LogP contribution in [0, 0.1) is 19.7 Å². The molecule has 1 fully saturated rings. The molecule has 1 N–H and O–H groups in total. The fourth-order valence-corrected chi connectivity index (χ4v) is 5.55. The van der Waals surface area contributed by atoms with Gasteiger partial charge in [0.25, 0.3) is 0 Å². The zero-order valence-corrected chi connectivity index (χ0v) is 20.8. The molecule has 33 heavy (non-hydrogen) atoms. The molecule has 2 aromatic rings. The van der Waals surface area contributed by atoms with Gasteiger partial charge in [0.05, 0.1) is 0 Å². The second kappa shape index (κ2) is 11.4. The number of hydrogen-bond donors (Lipinski definition) is 1. The number of rotatable bonds is 9. The van der Waals surface area contributed by atoms with Crippen molar-refractivity contribution in [1.29, 1.82) is 0 Å². The molecule has 1 unspecified atom stereocenters. The van der Waals surface area contributed by atoms with Gasteiger partial charge in [0.15, 0.2) is 0 Å². The minimum atomic E-state index is -4.17. The van der Waals surface area contributed by atoms with Crippen molar-refractivity contribution in [3.05, 3.63) is 59.4 Å². The number of nitrogens with zero attached hydrogens (tertiary/aromatic N) is 1. The van der Waals surface area contributed by atoms with E-state index in [2.05, 4.69) is 11.6 Å². The van der Waals surface area contributed by atoms with Crippen molar-refractivity contribution in [3.8, 4) is 5.75 Å². The first-order valence-electron chi connectivity index (χ1n) is 11.0. The van der Waals surface area contributed by atoms with Crippen LogP contribution in [0.4, 0.5) is 4.39 Å². The van der Waals surface area contributed by atoms with E-state index in [1.165, 1.54) is 41.1 Å². The number of nitrogens with one attached hydrogen (secondary N) is 1. The van der Waals surface area contributed by atoms with Crippen LogP contribution < -0.4 is 9.46 Å². The number of hydrogen-bond acceptors (Lipinski definition) is 5. The summed E-state index contributed by atoms with van der Waals surface area (Å²) in [6.07, 6.45) is 3.54. The Morgan fingerprint density at radius 1 is 1.18 bits per heavy atom. The highest BCUT2D eigenvalue weighted by Gasteiger charge is 2.32. The van der Waals surface area contributed by atoms with Gasteiger partial charge in [-0.25, -0.2) is 12.8 Å². The van der Waals surface area contributed by atoms with Crippen LogP contribution in [0.1, 0.15) is 30.4 Å². The number of sulfonamides is 1. The predicted octanol–water partition coefficient (Wildman–Crippen LogP) is 3.91. The number of likely N-dealkylation sites (tertiary alicyclic amines) is 1.